The summed E-state index contributed by atoms with van der Waals surface area (Å²) >= 11 is 2.85. The number of halogens is 2. The molecule has 0 spiro atoms. The Morgan fingerprint density at radius 2 is 1.84 bits per heavy atom. The van der Waals surface area contributed by atoms with Crippen molar-refractivity contribution in [2.24, 2.45) is 0 Å². The van der Waals surface area contributed by atoms with Crippen LogP contribution in [0.3, 0.4) is 0 Å². The molecule has 0 aliphatic rings. The molecule has 5 rings (SSSR count). The Kier molecular flexibility index (Phi) is 7.20. The summed E-state index contributed by atoms with van der Waals surface area (Å²) < 4.78 is 30.7. The lowest BCUT2D eigenvalue weighted by Gasteiger charge is -2.09. The van der Waals surface area contributed by atoms with Crippen LogP contribution >= 0.6 is 23.1 Å². The van der Waals surface area contributed by atoms with Gasteiger partial charge in [-0.25, -0.2) is 13.8 Å². The number of thioether (sulfide) groups is 1. The van der Waals surface area contributed by atoms with E-state index >= 15 is 0 Å². The summed E-state index contributed by atoms with van der Waals surface area (Å²) in [6.45, 7) is 2.58. The third-order valence-electron chi connectivity index (χ3n) is 5.73. The molecule has 3 aromatic carbocycles. The highest BCUT2D eigenvalue weighted by molar-refractivity contribution is 8.00. The quantitative estimate of drug-likeness (QED) is 0.239. The van der Waals surface area contributed by atoms with Gasteiger partial charge >= 0.3 is 0 Å². The molecule has 0 saturated carbocycles. The summed E-state index contributed by atoms with van der Waals surface area (Å²) in [5.41, 5.74) is 2.33. The predicted octanol–water partition coefficient (Wildman–Crippen LogP) is 6.00. The molecule has 0 radical (unpaired) electrons. The van der Waals surface area contributed by atoms with Crippen molar-refractivity contribution in [1.29, 1.82) is 0 Å². The third kappa shape index (κ3) is 5.50. The first kappa shape index (κ1) is 24.9. The molecule has 188 valence electrons. The minimum atomic E-state index is -0.901. The number of nitrogens with zero attached hydrogens (tertiary/aromatic N) is 2. The van der Waals surface area contributed by atoms with Gasteiger partial charge in [0, 0.05) is 35.1 Å². The van der Waals surface area contributed by atoms with Crippen molar-refractivity contribution in [3.8, 4) is 0 Å². The number of thiazole rings is 1. The van der Waals surface area contributed by atoms with Gasteiger partial charge in [0.05, 0.1) is 16.0 Å². The average Bonchev–Trinajstić information content (AvgIpc) is 3.43. The number of benzene rings is 3. The molecule has 10 heteroatoms. The molecule has 2 N–H and O–H groups in total. The number of hydrogen-bond acceptors (Lipinski definition) is 5. The maximum atomic E-state index is 13.9. The zero-order chi connectivity index (χ0) is 25.9. The minimum Gasteiger partial charge on any atom is -0.350 e. The Labute approximate surface area is 219 Å². The van der Waals surface area contributed by atoms with Crippen LogP contribution in [0.4, 0.5) is 13.9 Å². The highest BCUT2D eigenvalue weighted by Gasteiger charge is 2.17. The number of hydrogen-bond donors (Lipinski definition) is 2. The van der Waals surface area contributed by atoms with Gasteiger partial charge in [0.2, 0.25) is 5.91 Å². The van der Waals surface area contributed by atoms with Gasteiger partial charge < -0.3 is 15.2 Å². The molecule has 0 atom stereocenters. The molecule has 2 aromatic heterocycles. The first-order valence-corrected chi connectivity index (χ1v) is 13.3. The van der Waals surface area contributed by atoms with Gasteiger partial charge in [0.15, 0.2) is 5.13 Å². The van der Waals surface area contributed by atoms with E-state index in [9.17, 15) is 18.4 Å². The maximum Gasteiger partial charge on any atom is 0.257 e. The lowest BCUT2D eigenvalue weighted by atomic mass is 10.2. The van der Waals surface area contributed by atoms with E-state index in [0.29, 0.717) is 11.7 Å². The van der Waals surface area contributed by atoms with Crippen LogP contribution < -0.4 is 10.6 Å². The van der Waals surface area contributed by atoms with E-state index < -0.39 is 23.1 Å². The molecule has 0 aliphatic heterocycles. The smallest absolute Gasteiger partial charge is 0.257 e. The SMILES string of the molecule is Cc1ccc2nc(NC(=O)CSc3cn(CCNC(=O)c4c(F)cccc4F)c4ccccc34)sc2c1. The topological polar surface area (TPSA) is 76.0 Å². The second kappa shape index (κ2) is 10.7. The average molecular weight is 537 g/mol. The van der Waals surface area contributed by atoms with Gasteiger partial charge in [-0.15, -0.1) is 11.8 Å². The van der Waals surface area contributed by atoms with Crippen molar-refractivity contribution < 1.29 is 18.4 Å². The second-order valence-electron chi connectivity index (χ2n) is 8.38. The van der Waals surface area contributed by atoms with Crippen LogP contribution in [0.15, 0.2) is 71.8 Å². The van der Waals surface area contributed by atoms with E-state index in [4.69, 9.17) is 0 Å². The number of anilines is 1. The number of nitrogens with one attached hydrogen (secondary N) is 2. The molecule has 37 heavy (non-hydrogen) atoms. The first-order chi connectivity index (χ1) is 17.9. The van der Waals surface area contributed by atoms with Crippen LogP contribution in [-0.2, 0) is 11.3 Å². The number of rotatable bonds is 8. The molecule has 2 amide bonds. The van der Waals surface area contributed by atoms with E-state index in [1.807, 2.05) is 60.2 Å². The number of fused-ring (bicyclic) bond motifs is 2. The number of amides is 2. The molecule has 0 saturated heterocycles. The van der Waals surface area contributed by atoms with Gasteiger partial charge in [0.25, 0.3) is 5.91 Å². The predicted molar refractivity (Wildman–Crippen MR) is 144 cm³/mol. The van der Waals surface area contributed by atoms with Gasteiger partial charge in [-0.2, -0.15) is 0 Å². The van der Waals surface area contributed by atoms with Gasteiger partial charge in [-0.3, -0.25) is 9.59 Å². The van der Waals surface area contributed by atoms with E-state index in [1.54, 1.807) is 0 Å². The largest absolute Gasteiger partial charge is 0.350 e. The summed E-state index contributed by atoms with van der Waals surface area (Å²) in [6.07, 6.45) is 1.92. The van der Waals surface area contributed by atoms with Crippen LogP contribution in [0.25, 0.3) is 21.1 Å². The van der Waals surface area contributed by atoms with Crippen LogP contribution in [-0.4, -0.2) is 33.7 Å². The molecule has 0 bridgehead atoms. The molecule has 0 unspecified atom stereocenters. The lowest BCUT2D eigenvalue weighted by Crippen LogP contribution is -2.28. The Morgan fingerprint density at radius 1 is 1.05 bits per heavy atom. The van der Waals surface area contributed by atoms with Crippen molar-refractivity contribution in [1.82, 2.24) is 14.9 Å². The Hall–Kier alpha value is -3.76. The normalized spacial score (nSPS) is 11.2. The zero-order valence-corrected chi connectivity index (χ0v) is 21.4. The minimum absolute atomic E-state index is 0.156. The molecule has 2 heterocycles. The van der Waals surface area contributed by atoms with Gasteiger partial charge in [-0.05, 0) is 42.8 Å². The highest BCUT2D eigenvalue weighted by atomic mass is 32.2. The Morgan fingerprint density at radius 3 is 2.65 bits per heavy atom. The number of para-hydroxylation sites is 1. The van der Waals surface area contributed by atoms with Gasteiger partial charge in [0.1, 0.15) is 17.2 Å². The summed E-state index contributed by atoms with van der Waals surface area (Å²) in [7, 11) is 0. The summed E-state index contributed by atoms with van der Waals surface area (Å²) in [4.78, 5) is 30.3. The summed E-state index contributed by atoms with van der Waals surface area (Å²) in [5, 5.41) is 7.00. The maximum absolute atomic E-state index is 13.9. The monoisotopic (exact) mass is 536 g/mol. The van der Waals surface area contributed by atoms with E-state index in [1.165, 1.54) is 29.2 Å². The number of aromatic nitrogens is 2. The van der Waals surface area contributed by atoms with Crippen molar-refractivity contribution in [3.63, 3.8) is 0 Å². The molecule has 5 aromatic rings. The van der Waals surface area contributed by atoms with Crippen LogP contribution in [0.1, 0.15) is 15.9 Å². The van der Waals surface area contributed by atoms with E-state index in [2.05, 4.69) is 15.6 Å². The number of carbonyl (C=O) groups excluding carboxylic acids is 2. The third-order valence-corrected chi connectivity index (χ3v) is 7.71. The van der Waals surface area contributed by atoms with Crippen LogP contribution in [0.2, 0.25) is 0 Å². The van der Waals surface area contributed by atoms with Crippen molar-refractivity contribution >= 4 is 61.2 Å². The number of aryl methyl sites for hydroxylation is 1. The van der Waals surface area contributed by atoms with Crippen molar-refractivity contribution in [2.45, 2.75) is 18.4 Å². The molecule has 6 nitrogen and oxygen atoms in total. The first-order valence-electron chi connectivity index (χ1n) is 11.5. The molecular weight excluding hydrogens is 514 g/mol. The summed E-state index contributed by atoms with van der Waals surface area (Å²) in [6, 6.07) is 17.0. The Balaban J connectivity index is 1.23. The molecule has 0 aliphatic carbocycles. The highest BCUT2D eigenvalue weighted by Crippen LogP contribution is 2.31. The standard InChI is InChI=1S/C27H22F2N4O2S2/c1-16-9-10-20-22(13-16)37-27(31-20)32-24(34)15-36-23-14-33(21-8-3-2-5-17(21)23)12-11-30-26(35)25-18(28)6-4-7-19(25)29/h2-10,13-14H,11-12,15H2,1H3,(H,30,35)(H,31,32,34). The van der Waals surface area contributed by atoms with Gasteiger partial charge in [-0.1, -0.05) is 41.7 Å². The zero-order valence-electron chi connectivity index (χ0n) is 19.8. The van der Waals surface area contributed by atoms with E-state index in [-0.39, 0.29) is 18.2 Å². The fraction of sp³-hybridized carbons (Fsp3) is 0.148. The fourth-order valence-electron chi connectivity index (χ4n) is 3.99. The van der Waals surface area contributed by atoms with Crippen LogP contribution in [0, 0.1) is 18.6 Å². The fourth-order valence-corrected chi connectivity index (χ4v) is 5.86. The molecular formula is C27H22F2N4O2S2. The Bertz CT molecular complexity index is 1610. The number of carbonyl (C=O) groups is 2. The second-order valence-corrected chi connectivity index (χ2v) is 10.4. The van der Waals surface area contributed by atoms with E-state index in [0.717, 1.165) is 43.7 Å². The van der Waals surface area contributed by atoms with Crippen LogP contribution in [0.5, 0.6) is 0 Å². The van der Waals surface area contributed by atoms with Crippen molar-refractivity contribution in [3.05, 3.63) is 89.6 Å². The van der Waals surface area contributed by atoms with Crippen molar-refractivity contribution in [2.75, 3.05) is 17.6 Å². The lowest BCUT2D eigenvalue weighted by molar-refractivity contribution is -0.113. The molecule has 0 fully saturated rings. The summed E-state index contributed by atoms with van der Waals surface area (Å²) in [5.74, 6) is -2.56.